The lowest BCUT2D eigenvalue weighted by atomic mass is 10.2. The number of benzene rings is 1. The van der Waals surface area contributed by atoms with Crippen LogP contribution >= 0.6 is 0 Å². The summed E-state index contributed by atoms with van der Waals surface area (Å²) in [6.45, 7) is 3.57. The Morgan fingerprint density at radius 2 is 1.89 bits per heavy atom. The van der Waals surface area contributed by atoms with Crippen LogP contribution in [0, 0.1) is 19.7 Å². The maximum atomic E-state index is 13.5. The second-order valence-electron chi connectivity index (χ2n) is 6.05. The van der Waals surface area contributed by atoms with E-state index in [0.717, 1.165) is 10.9 Å². The molecule has 0 aliphatic carbocycles. The molecule has 3 heterocycles. The fourth-order valence-electron chi connectivity index (χ4n) is 2.84. The van der Waals surface area contributed by atoms with Gasteiger partial charge in [0.2, 0.25) is 0 Å². The van der Waals surface area contributed by atoms with Crippen LogP contribution < -0.4 is 5.43 Å². The maximum Gasteiger partial charge on any atom is 0.273 e. The molecule has 0 saturated heterocycles. The van der Waals surface area contributed by atoms with Crippen molar-refractivity contribution in [2.75, 3.05) is 5.43 Å². The van der Waals surface area contributed by atoms with E-state index in [1.54, 1.807) is 42.3 Å². The number of hydrogen-bond donors (Lipinski definition) is 1. The van der Waals surface area contributed by atoms with Gasteiger partial charge in [0, 0.05) is 30.2 Å². The van der Waals surface area contributed by atoms with Crippen molar-refractivity contribution >= 4 is 16.8 Å². The van der Waals surface area contributed by atoms with Crippen molar-refractivity contribution in [3.05, 3.63) is 71.7 Å². The predicted octanol–water partition coefficient (Wildman–Crippen LogP) is 3.03. The van der Waals surface area contributed by atoms with Crippen LogP contribution in [0.5, 0.6) is 0 Å². The van der Waals surface area contributed by atoms with Crippen LogP contribution in [0.25, 0.3) is 22.6 Å². The van der Waals surface area contributed by atoms with Crippen LogP contribution in [0.2, 0.25) is 0 Å². The summed E-state index contributed by atoms with van der Waals surface area (Å²) >= 11 is 0. The van der Waals surface area contributed by atoms with Gasteiger partial charge >= 0.3 is 0 Å². The molecule has 4 rings (SSSR count). The minimum Gasteiger partial charge on any atom is -0.267 e. The van der Waals surface area contributed by atoms with Crippen LogP contribution in [0.15, 0.2) is 49.1 Å². The van der Waals surface area contributed by atoms with E-state index in [4.69, 9.17) is 0 Å². The van der Waals surface area contributed by atoms with Gasteiger partial charge in [0.25, 0.3) is 5.91 Å². The molecule has 1 N–H and O–H groups in total. The van der Waals surface area contributed by atoms with Gasteiger partial charge in [-0.1, -0.05) is 0 Å². The van der Waals surface area contributed by atoms with Crippen molar-refractivity contribution in [2.45, 2.75) is 13.8 Å². The van der Waals surface area contributed by atoms with E-state index in [9.17, 15) is 9.18 Å². The molecule has 134 valence electrons. The van der Waals surface area contributed by atoms with Gasteiger partial charge in [0.05, 0.1) is 16.8 Å². The molecular formula is C19H15FN6O. The van der Waals surface area contributed by atoms with Gasteiger partial charge in [-0.25, -0.2) is 24.3 Å². The van der Waals surface area contributed by atoms with Crippen LogP contribution in [0.4, 0.5) is 4.39 Å². The zero-order chi connectivity index (χ0) is 19.0. The summed E-state index contributed by atoms with van der Waals surface area (Å²) in [6, 6.07) is 6.12. The van der Waals surface area contributed by atoms with Crippen LogP contribution in [-0.2, 0) is 0 Å². The molecule has 0 atom stereocenters. The van der Waals surface area contributed by atoms with Gasteiger partial charge in [-0.2, -0.15) is 0 Å². The molecule has 0 aliphatic heterocycles. The SMILES string of the molecule is Cc1nc(-c2ncccn2)ncc1C(=O)Nn1cc(C)c2cc(F)ccc21. The summed E-state index contributed by atoms with van der Waals surface area (Å²) in [7, 11) is 0. The Morgan fingerprint density at radius 3 is 2.63 bits per heavy atom. The molecule has 4 aromatic rings. The molecule has 0 saturated carbocycles. The molecule has 0 unspecified atom stereocenters. The Balaban J connectivity index is 1.64. The number of hydrogen-bond acceptors (Lipinski definition) is 5. The highest BCUT2D eigenvalue weighted by molar-refractivity contribution is 6.01. The molecular weight excluding hydrogens is 347 g/mol. The number of nitrogens with zero attached hydrogens (tertiary/aromatic N) is 5. The molecule has 8 heteroatoms. The summed E-state index contributed by atoms with van der Waals surface area (Å²) in [5.41, 5.74) is 5.18. The van der Waals surface area contributed by atoms with Gasteiger partial charge in [0.15, 0.2) is 11.6 Å². The maximum absolute atomic E-state index is 13.5. The van der Waals surface area contributed by atoms with Gasteiger partial charge in [-0.05, 0) is 43.7 Å². The zero-order valence-corrected chi connectivity index (χ0v) is 14.6. The van der Waals surface area contributed by atoms with Crippen LogP contribution in [-0.4, -0.2) is 30.5 Å². The highest BCUT2D eigenvalue weighted by Gasteiger charge is 2.15. The third-order valence-electron chi connectivity index (χ3n) is 4.18. The van der Waals surface area contributed by atoms with E-state index in [1.165, 1.54) is 18.3 Å². The Morgan fingerprint density at radius 1 is 1.11 bits per heavy atom. The van der Waals surface area contributed by atoms with Gasteiger partial charge in [-0.15, -0.1) is 0 Å². The summed E-state index contributed by atoms with van der Waals surface area (Å²) < 4.78 is 15.0. The fraction of sp³-hybridized carbons (Fsp3) is 0.105. The number of carbonyl (C=O) groups is 1. The molecule has 0 bridgehead atoms. The zero-order valence-electron chi connectivity index (χ0n) is 14.6. The van der Waals surface area contributed by atoms with Crippen molar-refractivity contribution in [2.24, 2.45) is 0 Å². The number of carbonyl (C=O) groups excluding carboxylic acids is 1. The largest absolute Gasteiger partial charge is 0.273 e. The number of fused-ring (bicyclic) bond motifs is 1. The number of amides is 1. The average Bonchev–Trinajstić information content (AvgIpc) is 2.97. The van der Waals surface area contributed by atoms with E-state index in [0.29, 0.717) is 28.4 Å². The first-order valence-corrected chi connectivity index (χ1v) is 8.22. The fourth-order valence-corrected chi connectivity index (χ4v) is 2.84. The summed E-state index contributed by atoms with van der Waals surface area (Å²) in [5, 5.41) is 0.736. The minimum atomic E-state index is -0.366. The summed E-state index contributed by atoms with van der Waals surface area (Å²) in [6.07, 6.45) is 6.39. The highest BCUT2D eigenvalue weighted by atomic mass is 19.1. The van der Waals surface area contributed by atoms with Crippen molar-refractivity contribution in [3.8, 4) is 11.6 Å². The lowest BCUT2D eigenvalue weighted by molar-refractivity contribution is 0.101. The van der Waals surface area contributed by atoms with Crippen molar-refractivity contribution in [3.63, 3.8) is 0 Å². The lowest BCUT2D eigenvalue weighted by Gasteiger charge is -2.10. The molecule has 0 spiro atoms. The first-order valence-electron chi connectivity index (χ1n) is 8.22. The van der Waals surface area contributed by atoms with E-state index >= 15 is 0 Å². The number of halogens is 1. The Kier molecular flexibility index (Phi) is 4.08. The third kappa shape index (κ3) is 3.12. The van der Waals surface area contributed by atoms with E-state index < -0.39 is 0 Å². The monoisotopic (exact) mass is 362 g/mol. The molecule has 3 aromatic heterocycles. The van der Waals surface area contributed by atoms with Gasteiger partial charge in [0.1, 0.15) is 5.82 Å². The Bertz CT molecular complexity index is 1160. The molecule has 1 aromatic carbocycles. The number of nitrogens with one attached hydrogen (secondary N) is 1. The third-order valence-corrected chi connectivity index (χ3v) is 4.18. The van der Waals surface area contributed by atoms with Crippen molar-refractivity contribution < 1.29 is 9.18 Å². The molecule has 7 nitrogen and oxygen atoms in total. The first-order chi connectivity index (χ1) is 13.0. The van der Waals surface area contributed by atoms with Gasteiger partial charge < -0.3 is 0 Å². The van der Waals surface area contributed by atoms with Crippen molar-refractivity contribution in [1.29, 1.82) is 0 Å². The highest BCUT2D eigenvalue weighted by Crippen LogP contribution is 2.21. The number of aromatic nitrogens is 5. The molecule has 0 fully saturated rings. The quantitative estimate of drug-likeness (QED) is 0.605. The standard InChI is InChI=1S/C19H15FN6O/c1-11-10-26(16-5-4-13(20)8-14(11)16)25-19(27)15-9-23-18(24-12(15)2)17-21-6-3-7-22-17/h3-10H,1-2H3,(H,25,27). The topological polar surface area (TPSA) is 85.6 Å². The second kappa shape index (κ2) is 6.56. The number of aryl methyl sites for hydroxylation is 2. The Hall–Kier alpha value is -3.68. The van der Waals surface area contributed by atoms with Crippen molar-refractivity contribution in [1.82, 2.24) is 24.6 Å². The molecule has 0 radical (unpaired) electrons. The molecule has 27 heavy (non-hydrogen) atoms. The molecule has 1 amide bonds. The second-order valence-corrected chi connectivity index (χ2v) is 6.05. The number of rotatable bonds is 3. The predicted molar refractivity (Wildman–Crippen MR) is 98.1 cm³/mol. The van der Waals surface area contributed by atoms with Gasteiger partial charge in [-0.3, -0.25) is 14.9 Å². The molecule has 0 aliphatic rings. The minimum absolute atomic E-state index is 0.322. The smallest absolute Gasteiger partial charge is 0.267 e. The summed E-state index contributed by atoms with van der Waals surface area (Å²) in [4.78, 5) is 29.4. The Labute approximate surface area is 153 Å². The van der Waals surface area contributed by atoms with Crippen LogP contribution in [0.1, 0.15) is 21.6 Å². The van der Waals surface area contributed by atoms with Crippen LogP contribution in [0.3, 0.4) is 0 Å². The lowest BCUT2D eigenvalue weighted by Crippen LogP contribution is -2.23. The first kappa shape index (κ1) is 16.8. The average molecular weight is 362 g/mol. The summed E-state index contributed by atoms with van der Waals surface area (Å²) in [5.74, 6) is 0.0518. The van der Waals surface area contributed by atoms with E-state index in [1.807, 2.05) is 6.92 Å². The van der Waals surface area contributed by atoms with E-state index in [2.05, 4.69) is 25.4 Å². The van der Waals surface area contributed by atoms with E-state index in [-0.39, 0.29) is 11.7 Å². The normalized spacial score (nSPS) is 10.9.